The van der Waals surface area contributed by atoms with Crippen LogP contribution in [-0.4, -0.2) is 20.0 Å². The van der Waals surface area contributed by atoms with Gasteiger partial charge in [0.25, 0.3) is 0 Å². The van der Waals surface area contributed by atoms with E-state index < -0.39 is 0 Å². The first-order valence-corrected chi connectivity index (χ1v) is 10.5. The summed E-state index contributed by atoms with van der Waals surface area (Å²) >= 11 is 12.0. The van der Waals surface area contributed by atoms with Crippen LogP contribution in [-0.2, 0) is 6.61 Å². The van der Waals surface area contributed by atoms with E-state index in [1.165, 1.54) is 0 Å². The maximum Gasteiger partial charge on any atom is 0.232 e. The summed E-state index contributed by atoms with van der Waals surface area (Å²) in [5.74, 6) is 2.14. The van der Waals surface area contributed by atoms with Crippen molar-refractivity contribution in [2.75, 3.05) is 14.2 Å². The molecule has 0 atom stereocenters. The largest absolute Gasteiger partial charge is 0.493 e. The molecular weight excluding hydrogens is 451 g/mol. The number of hydrogen-bond donors (Lipinski definition) is 0. The predicted octanol–water partition coefficient (Wildman–Crippen LogP) is 6.51. The van der Waals surface area contributed by atoms with Gasteiger partial charge >= 0.3 is 0 Å². The molecule has 1 aliphatic rings. The van der Waals surface area contributed by atoms with E-state index in [-0.39, 0.29) is 11.5 Å². The zero-order valence-electron chi connectivity index (χ0n) is 17.7. The molecule has 3 aromatic carbocycles. The fourth-order valence-electron chi connectivity index (χ4n) is 3.52. The van der Waals surface area contributed by atoms with E-state index in [9.17, 15) is 4.79 Å². The summed E-state index contributed by atoms with van der Waals surface area (Å²) in [7, 11) is 3.11. The summed E-state index contributed by atoms with van der Waals surface area (Å²) in [6, 6.07) is 14.3. The number of fused-ring (bicyclic) bond motifs is 1. The Balaban J connectivity index is 1.59. The van der Waals surface area contributed by atoms with Gasteiger partial charge in [0, 0.05) is 11.6 Å². The number of rotatable bonds is 6. The molecule has 0 saturated heterocycles. The van der Waals surface area contributed by atoms with Crippen molar-refractivity contribution in [1.29, 1.82) is 0 Å². The summed E-state index contributed by atoms with van der Waals surface area (Å²) in [4.78, 5) is 13.0. The van der Waals surface area contributed by atoms with Crippen LogP contribution in [0.2, 0.25) is 10.0 Å². The monoisotopic (exact) mass is 470 g/mol. The van der Waals surface area contributed by atoms with E-state index in [0.29, 0.717) is 50.8 Å². The third-order valence-electron chi connectivity index (χ3n) is 5.05. The second kappa shape index (κ2) is 9.15. The van der Waals surface area contributed by atoms with E-state index in [0.717, 1.165) is 11.1 Å². The quantitative estimate of drug-likeness (QED) is 0.384. The standard InChI is InChI=1S/C25H20Cl2O5/c1-14-9-17(31-13-15-7-8-18(26)19(27)10-15)12-21-23(14)24(28)22(32-21)11-16-5-4-6-20(29-2)25(16)30-3/h4-12H,13H2,1-3H3/b22-11-. The Labute approximate surface area is 196 Å². The molecule has 0 radical (unpaired) electrons. The van der Waals surface area contributed by atoms with Crippen molar-refractivity contribution < 1.29 is 23.7 Å². The number of allylic oxidation sites excluding steroid dienone is 1. The van der Waals surface area contributed by atoms with E-state index in [4.69, 9.17) is 42.1 Å². The lowest BCUT2D eigenvalue weighted by atomic mass is 10.0. The highest BCUT2D eigenvalue weighted by Gasteiger charge is 2.30. The molecule has 7 heteroatoms. The molecule has 164 valence electrons. The summed E-state index contributed by atoms with van der Waals surface area (Å²) < 4.78 is 22.6. The molecule has 0 fully saturated rings. The number of Topliss-reactive ketones (excluding diaryl/α,β-unsaturated/α-hetero) is 1. The maximum atomic E-state index is 13.0. The van der Waals surface area contributed by atoms with Gasteiger partial charge in [-0.15, -0.1) is 0 Å². The summed E-state index contributed by atoms with van der Waals surface area (Å²) in [5, 5.41) is 0.956. The van der Waals surface area contributed by atoms with Crippen molar-refractivity contribution >= 4 is 35.1 Å². The second-order valence-electron chi connectivity index (χ2n) is 7.17. The number of benzene rings is 3. The molecule has 4 rings (SSSR count). The number of carbonyl (C=O) groups excluding carboxylic acids is 1. The van der Waals surface area contributed by atoms with Crippen molar-refractivity contribution in [2.45, 2.75) is 13.5 Å². The van der Waals surface area contributed by atoms with Crippen LogP contribution in [0.1, 0.15) is 27.0 Å². The molecule has 0 bridgehead atoms. The molecule has 0 N–H and O–H groups in total. The third kappa shape index (κ3) is 4.27. The molecule has 0 aromatic heterocycles. The van der Waals surface area contributed by atoms with Gasteiger partial charge in [-0.1, -0.05) is 41.4 Å². The minimum atomic E-state index is -0.196. The van der Waals surface area contributed by atoms with E-state index >= 15 is 0 Å². The molecular formula is C25H20Cl2O5. The number of aryl methyl sites for hydroxylation is 1. The Kier molecular flexibility index (Phi) is 6.31. The van der Waals surface area contributed by atoms with Crippen LogP contribution in [0.4, 0.5) is 0 Å². The first kappa shape index (κ1) is 22.1. The molecule has 0 amide bonds. The summed E-state index contributed by atoms with van der Waals surface area (Å²) in [5.41, 5.74) is 2.83. The van der Waals surface area contributed by atoms with Gasteiger partial charge in [-0.3, -0.25) is 4.79 Å². The normalized spacial score (nSPS) is 13.7. The van der Waals surface area contributed by atoms with Crippen molar-refractivity contribution in [3.05, 3.63) is 86.6 Å². The first-order chi connectivity index (χ1) is 15.4. The topological polar surface area (TPSA) is 54.0 Å². The van der Waals surface area contributed by atoms with Crippen molar-refractivity contribution in [1.82, 2.24) is 0 Å². The van der Waals surface area contributed by atoms with Gasteiger partial charge in [0.15, 0.2) is 17.3 Å². The van der Waals surface area contributed by atoms with Gasteiger partial charge in [-0.25, -0.2) is 0 Å². The smallest absolute Gasteiger partial charge is 0.232 e. The van der Waals surface area contributed by atoms with Crippen LogP contribution in [0.5, 0.6) is 23.0 Å². The molecule has 3 aromatic rings. The Bertz CT molecular complexity index is 1230. The van der Waals surface area contributed by atoms with Gasteiger partial charge in [-0.05, 0) is 48.4 Å². The van der Waals surface area contributed by atoms with E-state index in [1.54, 1.807) is 44.6 Å². The zero-order chi connectivity index (χ0) is 22.8. The zero-order valence-corrected chi connectivity index (χ0v) is 19.2. The average molecular weight is 471 g/mol. The molecule has 0 unspecified atom stereocenters. The van der Waals surface area contributed by atoms with Gasteiger partial charge < -0.3 is 18.9 Å². The van der Waals surface area contributed by atoms with Crippen LogP contribution >= 0.6 is 23.2 Å². The minimum absolute atomic E-state index is 0.196. The predicted molar refractivity (Wildman–Crippen MR) is 124 cm³/mol. The average Bonchev–Trinajstić information content (AvgIpc) is 3.09. The van der Waals surface area contributed by atoms with Crippen LogP contribution in [0.3, 0.4) is 0 Å². The van der Waals surface area contributed by atoms with Gasteiger partial charge in [0.05, 0.1) is 29.8 Å². The minimum Gasteiger partial charge on any atom is -0.493 e. The second-order valence-corrected chi connectivity index (χ2v) is 7.99. The number of ketones is 1. The number of para-hydroxylation sites is 1. The van der Waals surface area contributed by atoms with Crippen LogP contribution in [0.15, 0.2) is 54.3 Å². The molecule has 0 spiro atoms. The highest BCUT2D eigenvalue weighted by molar-refractivity contribution is 6.42. The number of ether oxygens (including phenoxy) is 4. The molecule has 0 saturated carbocycles. The Morgan fingerprint density at radius 3 is 2.53 bits per heavy atom. The number of carbonyl (C=O) groups is 1. The van der Waals surface area contributed by atoms with Gasteiger partial charge in [0.1, 0.15) is 18.1 Å². The molecule has 1 heterocycles. The molecule has 1 aliphatic heterocycles. The highest BCUT2D eigenvalue weighted by atomic mass is 35.5. The van der Waals surface area contributed by atoms with E-state index in [2.05, 4.69) is 0 Å². The summed E-state index contributed by atoms with van der Waals surface area (Å²) in [6.45, 7) is 2.15. The third-order valence-corrected chi connectivity index (χ3v) is 5.79. The van der Waals surface area contributed by atoms with Crippen LogP contribution < -0.4 is 18.9 Å². The molecule has 32 heavy (non-hydrogen) atoms. The van der Waals surface area contributed by atoms with Crippen molar-refractivity contribution in [3.63, 3.8) is 0 Å². The Hall–Kier alpha value is -3.15. The van der Waals surface area contributed by atoms with Crippen LogP contribution in [0.25, 0.3) is 6.08 Å². The Morgan fingerprint density at radius 2 is 1.81 bits per heavy atom. The lowest BCUT2D eigenvalue weighted by Crippen LogP contribution is -2.01. The Morgan fingerprint density at radius 1 is 1.00 bits per heavy atom. The first-order valence-electron chi connectivity index (χ1n) is 9.78. The fourth-order valence-corrected chi connectivity index (χ4v) is 3.84. The molecule has 0 aliphatic carbocycles. The number of halogens is 2. The van der Waals surface area contributed by atoms with Crippen LogP contribution in [0, 0.1) is 6.92 Å². The number of methoxy groups -OCH3 is 2. The molecule has 5 nitrogen and oxygen atoms in total. The van der Waals surface area contributed by atoms with E-state index in [1.807, 2.05) is 31.2 Å². The van der Waals surface area contributed by atoms with Crippen molar-refractivity contribution in [2.24, 2.45) is 0 Å². The highest BCUT2D eigenvalue weighted by Crippen LogP contribution is 2.39. The van der Waals surface area contributed by atoms with Gasteiger partial charge in [-0.2, -0.15) is 0 Å². The van der Waals surface area contributed by atoms with Crippen molar-refractivity contribution in [3.8, 4) is 23.0 Å². The SMILES string of the molecule is COc1cccc(/C=C2\Oc3cc(OCc4ccc(Cl)c(Cl)c4)cc(C)c3C2=O)c1OC. The summed E-state index contributed by atoms with van der Waals surface area (Å²) in [6.07, 6.45) is 1.65. The number of hydrogen-bond acceptors (Lipinski definition) is 5. The maximum absolute atomic E-state index is 13.0. The lowest BCUT2D eigenvalue weighted by molar-refractivity contribution is 0.101. The fraction of sp³-hybridized carbons (Fsp3) is 0.160. The lowest BCUT2D eigenvalue weighted by Gasteiger charge is -2.10. The van der Waals surface area contributed by atoms with Gasteiger partial charge in [0.2, 0.25) is 5.78 Å².